The highest BCUT2D eigenvalue weighted by molar-refractivity contribution is 5.93. The topological polar surface area (TPSA) is 37.3 Å². The van der Waals surface area contributed by atoms with E-state index in [-0.39, 0.29) is 12.4 Å². The van der Waals surface area contributed by atoms with Crippen LogP contribution in [0.1, 0.15) is 35.3 Å². The molecule has 0 amide bonds. The lowest BCUT2D eigenvalue weighted by Crippen LogP contribution is -1.88. The zero-order valence-electron chi connectivity index (χ0n) is 14.9. The first-order valence-electron chi connectivity index (χ1n) is 8.42. The van der Waals surface area contributed by atoms with Gasteiger partial charge in [-0.05, 0) is 24.5 Å². The van der Waals surface area contributed by atoms with Gasteiger partial charge in [-0.1, -0.05) is 97.9 Å². The van der Waals surface area contributed by atoms with Crippen LogP contribution in [0.3, 0.4) is 0 Å². The maximum atomic E-state index is 10.6. The summed E-state index contributed by atoms with van der Waals surface area (Å²) in [4.78, 5) is 10.6. The molecular formula is C23H26O2. The Morgan fingerprint density at radius 3 is 1.36 bits per heavy atom. The maximum absolute atomic E-state index is 10.6. The predicted octanol–water partition coefficient (Wildman–Crippen LogP) is 5.32. The van der Waals surface area contributed by atoms with Crippen molar-refractivity contribution in [2.24, 2.45) is 0 Å². The first-order chi connectivity index (χ1) is 12.2. The molecule has 0 unspecified atom stereocenters. The highest BCUT2D eigenvalue weighted by Crippen LogP contribution is 1.98. The summed E-state index contributed by atoms with van der Waals surface area (Å²) >= 11 is 0. The monoisotopic (exact) mass is 334 g/mol. The Labute approximate surface area is 150 Å². The van der Waals surface area contributed by atoms with Crippen LogP contribution in [0, 0.1) is 0 Å². The fourth-order valence-corrected chi connectivity index (χ4v) is 1.97. The summed E-state index contributed by atoms with van der Waals surface area (Å²) in [6.07, 6.45) is 1.14. The zero-order valence-corrected chi connectivity index (χ0v) is 14.9. The number of Topliss-reactive ketones (excluding diaryl/α,β-unsaturated/α-hetero) is 1. The Morgan fingerprint density at radius 2 is 1.12 bits per heavy atom. The molecule has 0 spiro atoms. The molecule has 0 bridgehead atoms. The van der Waals surface area contributed by atoms with Gasteiger partial charge >= 0.3 is 0 Å². The van der Waals surface area contributed by atoms with E-state index >= 15 is 0 Å². The van der Waals surface area contributed by atoms with E-state index in [0.717, 1.165) is 17.5 Å². The molecule has 3 rings (SSSR count). The highest BCUT2D eigenvalue weighted by atomic mass is 16.3. The van der Waals surface area contributed by atoms with Crippen LogP contribution in [0.25, 0.3) is 0 Å². The number of hydrogen-bond donors (Lipinski definition) is 1. The summed E-state index contributed by atoms with van der Waals surface area (Å²) in [5, 5.41) is 8.54. The molecule has 2 nitrogen and oxygen atoms in total. The van der Waals surface area contributed by atoms with Gasteiger partial charge in [0, 0.05) is 5.56 Å². The molecule has 2 heteroatoms. The van der Waals surface area contributed by atoms with Crippen LogP contribution in [0.2, 0.25) is 0 Å². The molecule has 0 aromatic heterocycles. The summed E-state index contributed by atoms with van der Waals surface area (Å²) in [5.41, 5.74) is 3.15. The number of carbonyl (C=O) groups excluding carboxylic acids is 1. The number of carbonyl (C=O) groups is 1. The van der Waals surface area contributed by atoms with Gasteiger partial charge in [0.2, 0.25) is 0 Å². The highest BCUT2D eigenvalue weighted by Gasteiger charge is 1.92. The number of ketones is 1. The van der Waals surface area contributed by atoms with Crippen LogP contribution in [0.15, 0.2) is 91.0 Å². The van der Waals surface area contributed by atoms with Crippen molar-refractivity contribution in [1.29, 1.82) is 0 Å². The van der Waals surface area contributed by atoms with E-state index in [4.69, 9.17) is 5.11 Å². The molecule has 0 aliphatic rings. The number of aliphatic hydroxyl groups excluding tert-OH is 1. The minimum Gasteiger partial charge on any atom is -0.392 e. The quantitative estimate of drug-likeness (QED) is 0.658. The van der Waals surface area contributed by atoms with Gasteiger partial charge < -0.3 is 5.11 Å². The van der Waals surface area contributed by atoms with Gasteiger partial charge in [0.15, 0.2) is 5.78 Å². The second-order valence-electron chi connectivity index (χ2n) is 5.41. The summed E-state index contributed by atoms with van der Waals surface area (Å²) in [6, 6.07) is 29.2. The number of benzene rings is 3. The third kappa shape index (κ3) is 9.23. The largest absolute Gasteiger partial charge is 0.392 e. The maximum Gasteiger partial charge on any atom is 0.159 e. The Balaban J connectivity index is 0.000000188. The smallest absolute Gasteiger partial charge is 0.159 e. The lowest BCUT2D eigenvalue weighted by Gasteiger charge is -1.89. The molecule has 0 aliphatic heterocycles. The average Bonchev–Trinajstić information content (AvgIpc) is 2.71. The molecule has 25 heavy (non-hydrogen) atoms. The SMILES string of the molecule is CC(=O)c1ccccc1.CCc1ccccc1.OCc1ccccc1. The number of rotatable bonds is 3. The molecule has 1 N–H and O–H groups in total. The molecule has 0 heterocycles. The predicted molar refractivity (Wildman–Crippen MR) is 105 cm³/mol. The van der Waals surface area contributed by atoms with E-state index in [1.54, 1.807) is 6.92 Å². The van der Waals surface area contributed by atoms with Gasteiger partial charge in [0.05, 0.1) is 6.61 Å². The van der Waals surface area contributed by atoms with Crippen molar-refractivity contribution < 1.29 is 9.90 Å². The molecule has 0 atom stereocenters. The molecule has 130 valence electrons. The van der Waals surface area contributed by atoms with E-state index < -0.39 is 0 Å². The van der Waals surface area contributed by atoms with Crippen LogP contribution < -0.4 is 0 Å². The first kappa shape index (κ1) is 20.3. The van der Waals surface area contributed by atoms with Crippen LogP contribution in [0.5, 0.6) is 0 Å². The molecular weight excluding hydrogens is 308 g/mol. The Kier molecular flexibility index (Phi) is 10.3. The van der Waals surface area contributed by atoms with Gasteiger partial charge in [-0.25, -0.2) is 0 Å². The fourth-order valence-electron chi connectivity index (χ4n) is 1.97. The molecule has 0 aliphatic carbocycles. The normalized spacial score (nSPS) is 9.08. The van der Waals surface area contributed by atoms with Crippen molar-refractivity contribution in [3.8, 4) is 0 Å². The molecule has 3 aromatic carbocycles. The van der Waals surface area contributed by atoms with Crippen LogP contribution >= 0.6 is 0 Å². The summed E-state index contributed by atoms with van der Waals surface area (Å²) in [7, 11) is 0. The van der Waals surface area contributed by atoms with Gasteiger partial charge in [-0.3, -0.25) is 4.79 Å². The molecule has 0 saturated heterocycles. The van der Waals surface area contributed by atoms with Crippen molar-refractivity contribution in [1.82, 2.24) is 0 Å². The van der Waals surface area contributed by atoms with Crippen molar-refractivity contribution in [3.05, 3.63) is 108 Å². The van der Waals surface area contributed by atoms with Crippen molar-refractivity contribution in [2.75, 3.05) is 0 Å². The molecule has 0 fully saturated rings. The van der Waals surface area contributed by atoms with E-state index in [9.17, 15) is 4.79 Å². The Bertz CT molecular complexity index is 652. The van der Waals surface area contributed by atoms with E-state index in [2.05, 4.69) is 31.2 Å². The minimum absolute atomic E-state index is 0.121. The number of aryl methyl sites for hydroxylation is 1. The van der Waals surface area contributed by atoms with E-state index in [0.29, 0.717) is 0 Å². The van der Waals surface area contributed by atoms with Crippen molar-refractivity contribution in [2.45, 2.75) is 26.9 Å². The van der Waals surface area contributed by atoms with E-state index in [1.165, 1.54) is 5.56 Å². The lowest BCUT2D eigenvalue weighted by molar-refractivity contribution is 0.101. The molecule has 0 saturated carbocycles. The van der Waals surface area contributed by atoms with Gasteiger partial charge in [-0.15, -0.1) is 0 Å². The zero-order chi connectivity index (χ0) is 18.3. The fraction of sp³-hybridized carbons (Fsp3) is 0.174. The third-order valence-corrected chi connectivity index (χ3v) is 3.46. The second kappa shape index (κ2) is 12.7. The first-order valence-corrected chi connectivity index (χ1v) is 8.42. The molecule has 0 radical (unpaired) electrons. The summed E-state index contributed by atoms with van der Waals surface area (Å²) in [5.74, 6) is 0.121. The van der Waals surface area contributed by atoms with Crippen LogP contribution in [-0.2, 0) is 13.0 Å². The van der Waals surface area contributed by atoms with Gasteiger partial charge in [0.1, 0.15) is 0 Å². The number of aliphatic hydroxyl groups is 1. The average molecular weight is 334 g/mol. The Morgan fingerprint density at radius 1 is 0.720 bits per heavy atom. The number of hydrogen-bond acceptors (Lipinski definition) is 2. The van der Waals surface area contributed by atoms with Gasteiger partial charge in [0.25, 0.3) is 0 Å². The van der Waals surface area contributed by atoms with Crippen molar-refractivity contribution in [3.63, 3.8) is 0 Å². The van der Waals surface area contributed by atoms with E-state index in [1.807, 2.05) is 66.7 Å². The van der Waals surface area contributed by atoms with Crippen LogP contribution in [-0.4, -0.2) is 10.9 Å². The summed E-state index contributed by atoms with van der Waals surface area (Å²) in [6.45, 7) is 3.87. The van der Waals surface area contributed by atoms with Crippen LogP contribution in [0.4, 0.5) is 0 Å². The van der Waals surface area contributed by atoms with Crippen molar-refractivity contribution >= 4 is 5.78 Å². The second-order valence-corrected chi connectivity index (χ2v) is 5.41. The van der Waals surface area contributed by atoms with Gasteiger partial charge in [-0.2, -0.15) is 0 Å². The Hall–Kier alpha value is -2.71. The summed E-state index contributed by atoms with van der Waals surface area (Å²) < 4.78 is 0. The standard InChI is InChI=1S/C8H8O.C8H10.C7H8O/c1-7(9)8-5-3-2-4-6-8;1-2-8-6-4-3-5-7-8;8-6-7-4-2-1-3-5-7/h2-6H,1H3;3-7H,2H2,1H3;1-5,8H,6H2. The lowest BCUT2D eigenvalue weighted by atomic mass is 10.2. The minimum atomic E-state index is 0.121. The molecule has 3 aromatic rings. The third-order valence-electron chi connectivity index (χ3n) is 3.46.